The smallest absolute Gasteiger partial charge is 0.254 e. The van der Waals surface area contributed by atoms with Gasteiger partial charge in [-0.3, -0.25) is 9.59 Å². The molecule has 2 aliphatic rings. The van der Waals surface area contributed by atoms with Gasteiger partial charge in [-0.15, -0.1) is 0 Å². The fourth-order valence-corrected chi connectivity index (χ4v) is 4.24. The van der Waals surface area contributed by atoms with Crippen molar-refractivity contribution in [1.29, 1.82) is 0 Å². The van der Waals surface area contributed by atoms with Gasteiger partial charge in [-0.2, -0.15) is 0 Å². The molecule has 2 aromatic carbocycles. The van der Waals surface area contributed by atoms with Gasteiger partial charge >= 0.3 is 0 Å². The number of likely N-dealkylation sites (tertiary alicyclic amines) is 1. The van der Waals surface area contributed by atoms with E-state index in [0.29, 0.717) is 39.4 Å². The Labute approximate surface area is 172 Å². The van der Waals surface area contributed by atoms with E-state index in [9.17, 15) is 9.59 Å². The van der Waals surface area contributed by atoms with E-state index in [1.54, 1.807) is 0 Å². The average Bonchev–Trinajstić information content (AvgIpc) is 2.80. The van der Waals surface area contributed by atoms with E-state index >= 15 is 0 Å². The van der Waals surface area contributed by atoms with E-state index in [-0.39, 0.29) is 17.7 Å². The second kappa shape index (κ2) is 9.23. The molecule has 2 aliphatic heterocycles. The molecule has 0 aromatic heterocycles. The number of benzene rings is 2. The highest BCUT2D eigenvalue weighted by atomic mass is 16.5. The van der Waals surface area contributed by atoms with E-state index in [2.05, 4.69) is 12.1 Å². The Hall–Kier alpha value is -2.66. The van der Waals surface area contributed by atoms with Gasteiger partial charge in [-0.25, -0.2) is 0 Å². The van der Waals surface area contributed by atoms with E-state index < -0.39 is 0 Å². The molecule has 0 N–H and O–H groups in total. The van der Waals surface area contributed by atoms with Crippen molar-refractivity contribution in [2.45, 2.75) is 19.3 Å². The summed E-state index contributed by atoms with van der Waals surface area (Å²) in [6.07, 6.45) is 2.22. The van der Waals surface area contributed by atoms with Crippen LogP contribution in [0.2, 0.25) is 0 Å². The number of amides is 2. The summed E-state index contributed by atoms with van der Waals surface area (Å²) < 4.78 is 5.34. The monoisotopic (exact) mass is 392 g/mol. The fourth-order valence-electron chi connectivity index (χ4n) is 4.24. The number of carbonyl (C=O) groups is 2. The molecule has 0 aliphatic carbocycles. The molecule has 0 bridgehead atoms. The van der Waals surface area contributed by atoms with Crippen molar-refractivity contribution in [3.05, 3.63) is 71.3 Å². The first-order valence-electron chi connectivity index (χ1n) is 10.5. The van der Waals surface area contributed by atoms with Crippen LogP contribution in [-0.4, -0.2) is 61.0 Å². The van der Waals surface area contributed by atoms with Crippen LogP contribution in [0.3, 0.4) is 0 Å². The number of hydrogen-bond acceptors (Lipinski definition) is 3. The third kappa shape index (κ3) is 4.67. The lowest BCUT2D eigenvalue weighted by molar-refractivity contribution is -0.141. The molecule has 152 valence electrons. The SMILES string of the molecule is O=C(c1ccccc1Cc1ccccc1)N1CCC(C(=O)N2CCOCC2)CC1. The number of piperidine rings is 1. The lowest BCUT2D eigenvalue weighted by atomic mass is 9.93. The second-order valence-corrected chi connectivity index (χ2v) is 7.82. The maximum atomic E-state index is 13.2. The molecule has 0 spiro atoms. The van der Waals surface area contributed by atoms with E-state index in [0.717, 1.165) is 30.4 Å². The van der Waals surface area contributed by atoms with Crippen molar-refractivity contribution in [3.8, 4) is 0 Å². The van der Waals surface area contributed by atoms with Crippen LogP contribution >= 0.6 is 0 Å². The Morgan fingerprint density at radius 1 is 0.828 bits per heavy atom. The van der Waals surface area contributed by atoms with Gasteiger partial charge in [-0.05, 0) is 36.5 Å². The zero-order valence-corrected chi connectivity index (χ0v) is 16.8. The average molecular weight is 392 g/mol. The Morgan fingerprint density at radius 2 is 1.48 bits per heavy atom. The van der Waals surface area contributed by atoms with E-state index in [4.69, 9.17) is 4.74 Å². The summed E-state index contributed by atoms with van der Waals surface area (Å²) in [4.78, 5) is 29.8. The van der Waals surface area contributed by atoms with Crippen LogP contribution < -0.4 is 0 Å². The summed E-state index contributed by atoms with van der Waals surface area (Å²) in [5.41, 5.74) is 3.02. The van der Waals surface area contributed by atoms with Crippen LogP contribution in [0, 0.1) is 5.92 Å². The number of morpholine rings is 1. The van der Waals surface area contributed by atoms with Gasteiger partial charge in [0.25, 0.3) is 5.91 Å². The van der Waals surface area contributed by atoms with E-state index in [1.807, 2.05) is 52.3 Å². The van der Waals surface area contributed by atoms with Crippen LogP contribution in [0.15, 0.2) is 54.6 Å². The molecule has 5 heteroatoms. The van der Waals surface area contributed by atoms with Crippen LogP contribution in [-0.2, 0) is 16.0 Å². The molecule has 0 atom stereocenters. The van der Waals surface area contributed by atoms with Crippen molar-refractivity contribution in [2.75, 3.05) is 39.4 Å². The molecule has 0 unspecified atom stereocenters. The first-order chi connectivity index (χ1) is 14.2. The molecular formula is C24H28N2O3. The largest absolute Gasteiger partial charge is 0.378 e. The van der Waals surface area contributed by atoms with Crippen LogP contribution in [0.5, 0.6) is 0 Å². The minimum absolute atomic E-state index is 0.0247. The molecule has 2 aromatic rings. The summed E-state index contributed by atoms with van der Waals surface area (Å²) in [5, 5.41) is 0. The zero-order chi connectivity index (χ0) is 20.1. The van der Waals surface area contributed by atoms with Gasteiger partial charge in [0.15, 0.2) is 0 Å². The minimum Gasteiger partial charge on any atom is -0.378 e. The Kier molecular flexibility index (Phi) is 6.25. The lowest BCUT2D eigenvalue weighted by Crippen LogP contribution is -2.47. The number of rotatable bonds is 4. The molecule has 2 heterocycles. The molecule has 0 radical (unpaired) electrons. The van der Waals surface area contributed by atoms with Gasteiger partial charge in [0.1, 0.15) is 0 Å². The van der Waals surface area contributed by atoms with Gasteiger partial charge in [0.05, 0.1) is 13.2 Å². The van der Waals surface area contributed by atoms with Gasteiger partial charge in [0.2, 0.25) is 5.91 Å². The quantitative estimate of drug-likeness (QED) is 0.804. The van der Waals surface area contributed by atoms with Crippen molar-refractivity contribution < 1.29 is 14.3 Å². The summed E-state index contributed by atoms with van der Waals surface area (Å²) in [7, 11) is 0. The molecule has 2 fully saturated rings. The molecule has 5 nitrogen and oxygen atoms in total. The molecule has 29 heavy (non-hydrogen) atoms. The standard InChI is InChI=1S/C24H28N2O3/c27-23(26-14-16-29-17-15-26)20-10-12-25(13-11-20)24(28)22-9-5-4-8-21(22)18-19-6-2-1-3-7-19/h1-9,20H,10-18H2. The van der Waals surface area contributed by atoms with Gasteiger partial charge in [-0.1, -0.05) is 48.5 Å². The highest BCUT2D eigenvalue weighted by Crippen LogP contribution is 2.23. The normalized spacial score (nSPS) is 17.9. The van der Waals surface area contributed by atoms with Gasteiger partial charge < -0.3 is 14.5 Å². The molecule has 2 saturated heterocycles. The maximum Gasteiger partial charge on any atom is 0.254 e. The van der Waals surface area contributed by atoms with E-state index in [1.165, 1.54) is 5.56 Å². The molecule has 2 amide bonds. The predicted octanol–water partition coefficient (Wildman–Crippen LogP) is 2.99. The topological polar surface area (TPSA) is 49.9 Å². The first kappa shape index (κ1) is 19.6. The molecule has 0 saturated carbocycles. The lowest BCUT2D eigenvalue weighted by Gasteiger charge is -2.35. The maximum absolute atomic E-state index is 13.2. The fraction of sp³-hybridized carbons (Fsp3) is 0.417. The van der Waals surface area contributed by atoms with Crippen LogP contribution in [0.4, 0.5) is 0 Å². The first-order valence-corrected chi connectivity index (χ1v) is 10.5. The summed E-state index contributed by atoms with van der Waals surface area (Å²) in [6, 6.07) is 18.1. The number of nitrogens with zero attached hydrogens (tertiary/aromatic N) is 2. The molecule has 4 rings (SSSR count). The van der Waals surface area contributed by atoms with Crippen molar-refractivity contribution in [2.24, 2.45) is 5.92 Å². The van der Waals surface area contributed by atoms with Crippen molar-refractivity contribution in [3.63, 3.8) is 0 Å². The minimum atomic E-state index is 0.0247. The van der Waals surface area contributed by atoms with Crippen molar-refractivity contribution >= 4 is 11.8 Å². The molecular weight excluding hydrogens is 364 g/mol. The Balaban J connectivity index is 1.39. The zero-order valence-electron chi connectivity index (χ0n) is 16.8. The predicted molar refractivity (Wildman–Crippen MR) is 112 cm³/mol. The number of hydrogen-bond donors (Lipinski definition) is 0. The Bertz CT molecular complexity index is 838. The second-order valence-electron chi connectivity index (χ2n) is 7.82. The summed E-state index contributed by atoms with van der Waals surface area (Å²) in [6.45, 7) is 3.90. The van der Waals surface area contributed by atoms with Crippen molar-refractivity contribution in [1.82, 2.24) is 9.80 Å². The van der Waals surface area contributed by atoms with Crippen LogP contribution in [0.25, 0.3) is 0 Å². The third-order valence-electron chi connectivity index (χ3n) is 5.94. The third-order valence-corrected chi connectivity index (χ3v) is 5.94. The number of carbonyl (C=O) groups excluding carboxylic acids is 2. The highest BCUT2D eigenvalue weighted by Gasteiger charge is 2.31. The highest BCUT2D eigenvalue weighted by molar-refractivity contribution is 5.96. The summed E-state index contributed by atoms with van der Waals surface area (Å²) in [5.74, 6) is 0.329. The van der Waals surface area contributed by atoms with Crippen LogP contribution in [0.1, 0.15) is 34.3 Å². The summed E-state index contributed by atoms with van der Waals surface area (Å²) >= 11 is 0. The number of ether oxygens (including phenoxy) is 1. The Morgan fingerprint density at radius 3 is 2.21 bits per heavy atom. The van der Waals surface area contributed by atoms with Gasteiger partial charge in [0, 0.05) is 37.7 Å².